The molecule has 0 spiro atoms. The lowest BCUT2D eigenvalue weighted by molar-refractivity contribution is -0.0679. The van der Waals surface area contributed by atoms with Crippen LogP contribution in [0.15, 0.2) is 0 Å². The minimum absolute atomic E-state index is 0.181. The van der Waals surface area contributed by atoms with Gasteiger partial charge in [0.05, 0.1) is 13.2 Å². The van der Waals surface area contributed by atoms with Crippen LogP contribution < -0.4 is 0 Å². The zero-order valence-corrected chi connectivity index (χ0v) is 15.7. The quantitative estimate of drug-likeness (QED) is 0.345. The van der Waals surface area contributed by atoms with Crippen molar-refractivity contribution in [3.05, 3.63) is 0 Å². The average molecular weight is 363 g/mol. The lowest BCUT2D eigenvalue weighted by Gasteiger charge is -2.21. The number of unbranched alkanes of at least 4 members (excludes halogenated alkanes) is 8. The van der Waals surface area contributed by atoms with Crippen LogP contribution in [0.3, 0.4) is 0 Å². The first-order chi connectivity index (χ1) is 11.6. The Morgan fingerprint density at radius 3 is 2.29 bits per heavy atom. The predicted molar refractivity (Wildman–Crippen MR) is 98.2 cm³/mol. The minimum atomic E-state index is -1.10. The first-order valence-corrected chi connectivity index (χ1v) is 9.79. The number of hydrogen-bond acceptors (Lipinski definition) is 6. The summed E-state index contributed by atoms with van der Waals surface area (Å²) in [6.45, 7) is 1.97. The standard InChI is InChI=1S/C18H34O5S/c1-2-3-4-5-6-7-8-9-10-11-16(24)23-15-13-22-18(17(15)21)14(20)12-19/h14-15,17-21H,2-13H2,1H3/t14-,15+,17+,18+/m1/s1. The molecule has 1 saturated heterocycles. The molecule has 0 aliphatic carbocycles. The van der Waals surface area contributed by atoms with E-state index in [1.165, 1.54) is 44.9 Å². The second kappa shape index (κ2) is 13.0. The maximum atomic E-state index is 10.0. The van der Waals surface area contributed by atoms with Gasteiger partial charge in [0.25, 0.3) is 0 Å². The van der Waals surface area contributed by atoms with Gasteiger partial charge in [-0.15, -0.1) is 0 Å². The van der Waals surface area contributed by atoms with E-state index in [0.717, 1.165) is 12.8 Å². The molecule has 1 heterocycles. The van der Waals surface area contributed by atoms with Crippen LogP contribution in [0.4, 0.5) is 0 Å². The fourth-order valence-electron chi connectivity index (χ4n) is 2.97. The van der Waals surface area contributed by atoms with Gasteiger partial charge >= 0.3 is 0 Å². The van der Waals surface area contributed by atoms with Gasteiger partial charge in [0, 0.05) is 6.42 Å². The number of ether oxygens (including phenoxy) is 2. The Balaban J connectivity index is 2.04. The summed E-state index contributed by atoms with van der Waals surface area (Å²) in [5.41, 5.74) is 0. The van der Waals surface area contributed by atoms with Gasteiger partial charge in [0.2, 0.25) is 0 Å². The largest absolute Gasteiger partial charge is 0.479 e. The molecule has 0 bridgehead atoms. The molecule has 1 aliphatic rings. The number of rotatable bonds is 13. The van der Waals surface area contributed by atoms with Crippen LogP contribution in [-0.4, -0.2) is 58.0 Å². The summed E-state index contributed by atoms with van der Waals surface area (Å²) in [6.07, 6.45) is 8.60. The minimum Gasteiger partial charge on any atom is -0.479 e. The van der Waals surface area contributed by atoms with Crippen molar-refractivity contribution in [2.75, 3.05) is 13.2 Å². The number of thiocarbonyl (C=S) groups is 1. The monoisotopic (exact) mass is 362 g/mol. The summed E-state index contributed by atoms with van der Waals surface area (Å²) in [6, 6.07) is 0. The first-order valence-electron chi connectivity index (χ1n) is 9.38. The summed E-state index contributed by atoms with van der Waals surface area (Å²) < 4.78 is 10.9. The highest BCUT2D eigenvalue weighted by Crippen LogP contribution is 2.21. The van der Waals surface area contributed by atoms with Gasteiger partial charge in [0.15, 0.2) is 11.2 Å². The van der Waals surface area contributed by atoms with E-state index >= 15 is 0 Å². The molecule has 1 fully saturated rings. The number of hydrogen-bond donors (Lipinski definition) is 3. The van der Waals surface area contributed by atoms with Crippen molar-refractivity contribution in [3.63, 3.8) is 0 Å². The average Bonchev–Trinajstić information content (AvgIpc) is 2.93. The molecule has 5 nitrogen and oxygen atoms in total. The highest BCUT2D eigenvalue weighted by molar-refractivity contribution is 7.80. The van der Waals surface area contributed by atoms with E-state index in [9.17, 15) is 10.2 Å². The van der Waals surface area contributed by atoms with Gasteiger partial charge in [-0.3, -0.25) is 0 Å². The molecule has 0 aromatic rings. The first kappa shape index (κ1) is 21.8. The van der Waals surface area contributed by atoms with E-state index in [4.69, 9.17) is 26.8 Å². The topological polar surface area (TPSA) is 79.2 Å². The fraction of sp³-hybridized carbons (Fsp3) is 0.944. The van der Waals surface area contributed by atoms with E-state index in [1.54, 1.807) is 0 Å². The highest BCUT2D eigenvalue weighted by atomic mass is 32.1. The normalized spacial score (nSPS) is 24.9. The fourth-order valence-corrected chi connectivity index (χ4v) is 3.24. The van der Waals surface area contributed by atoms with E-state index in [2.05, 4.69) is 6.92 Å². The zero-order valence-electron chi connectivity index (χ0n) is 14.9. The Morgan fingerprint density at radius 2 is 1.71 bits per heavy atom. The van der Waals surface area contributed by atoms with Crippen molar-refractivity contribution in [1.82, 2.24) is 0 Å². The van der Waals surface area contributed by atoms with Crippen molar-refractivity contribution >= 4 is 17.3 Å². The maximum Gasteiger partial charge on any atom is 0.160 e. The second-order valence-corrected chi connectivity index (χ2v) is 7.10. The molecule has 0 radical (unpaired) electrons. The number of aliphatic hydroxyl groups excluding tert-OH is 3. The van der Waals surface area contributed by atoms with Crippen molar-refractivity contribution in [2.45, 2.75) is 95.5 Å². The van der Waals surface area contributed by atoms with Gasteiger partial charge in [0.1, 0.15) is 18.3 Å². The summed E-state index contributed by atoms with van der Waals surface area (Å²) in [5.74, 6) is 0. The molecular weight excluding hydrogens is 328 g/mol. The highest BCUT2D eigenvalue weighted by Gasteiger charge is 2.41. The molecule has 0 saturated carbocycles. The summed E-state index contributed by atoms with van der Waals surface area (Å²) in [5, 5.41) is 29.0. The van der Waals surface area contributed by atoms with Gasteiger partial charge in [-0.25, -0.2) is 0 Å². The van der Waals surface area contributed by atoms with Gasteiger partial charge in [-0.2, -0.15) is 0 Å². The van der Waals surface area contributed by atoms with Crippen LogP contribution in [0.25, 0.3) is 0 Å². The smallest absolute Gasteiger partial charge is 0.160 e. The van der Waals surface area contributed by atoms with E-state index in [1.807, 2.05) is 0 Å². The van der Waals surface area contributed by atoms with E-state index < -0.39 is 31.0 Å². The molecule has 3 N–H and O–H groups in total. The molecule has 0 aromatic carbocycles. The third-order valence-corrected chi connectivity index (χ3v) is 4.80. The molecule has 6 heteroatoms. The third-order valence-electron chi connectivity index (χ3n) is 4.50. The molecule has 0 unspecified atom stereocenters. The number of aliphatic hydroxyl groups is 3. The van der Waals surface area contributed by atoms with Gasteiger partial charge < -0.3 is 24.8 Å². The summed E-state index contributed by atoms with van der Waals surface area (Å²) in [4.78, 5) is 0. The SMILES string of the molecule is CCCCCCCCCCCC(=S)O[C@H]1CO[C@@H]([C@H](O)CO)[C@H]1O. The van der Waals surface area contributed by atoms with Crippen molar-refractivity contribution in [2.24, 2.45) is 0 Å². The molecule has 24 heavy (non-hydrogen) atoms. The lowest BCUT2D eigenvalue weighted by atomic mass is 10.1. The van der Waals surface area contributed by atoms with Crippen LogP contribution in [0.2, 0.25) is 0 Å². The molecule has 0 aromatic heterocycles. The maximum absolute atomic E-state index is 10.0. The summed E-state index contributed by atoms with van der Waals surface area (Å²) >= 11 is 5.22. The Kier molecular flexibility index (Phi) is 11.8. The van der Waals surface area contributed by atoms with Crippen LogP contribution in [0.1, 0.15) is 71.1 Å². The van der Waals surface area contributed by atoms with E-state index in [-0.39, 0.29) is 6.61 Å². The third kappa shape index (κ3) is 8.21. The van der Waals surface area contributed by atoms with Crippen LogP contribution >= 0.6 is 12.2 Å². The lowest BCUT2D eigenvalue weighted by Crippen LogP contribution is -2.41. The molecule has 0 amide bonds. The molecular formula is C18H34O5S. The van der Waals surface area contributed by atoms with Crippen LogP contribution in [0, 0.1) is 0 Å². The van der Waals surface area contributed by atoms with Crippen molar-refractivity contribution < 1.29 is 24.8 Å². The molecule has 142 valence electrons. The molecule has 1 rings (SSSR count). The Bertz CT molecular complexity index is 339. The van der Waals surface area contributed by atoms with Gasteiger partial charge in [-0.05, 0) is 18.6 Å². The zero-order chi connectivity index (χ0) is 17.8. The Hall–Kier alpha value is -0.270. The van der Waals surface area contributed by atoms with E-state index in [0.29, 0.717) is 11.5 Å². The molecule has 4 atom stereocenters. The van der Waals surface area contributed by atoms with Crippen LogP contribution in [-0.2, 0) is 9.47 Å². The Morgan fingerprint density at radius 1 is 1.12 bits per heavy atom. The van der Waals surface area contributed by atoms with Gasteiger partial charge in [-0.1, -0.05) is 58.3 Å². The van der Waals surface area contributed by atoms with Crippen molar-refractivity contribution in [1.29, 1.82) is 0 Å². The van der Waals surface area contributed by atoms with Crippen molar-refractivity contribution in [3.8, 4) is 0 Å². The second-order valence-electron chi connectivity index (χ2n) is 6.65. The predicted octanol–water partition coefficient (Wildman–Crippen LogP) is 2.73. The van der Waals surface area contributed by atoms with Crippen LogP contribution in [0.5, 0.6) is 0 Å². The summed E-state index contributed by atoms with van der Waals surface area (Å²) in [7, 11) is 0. The molecule has 1 aliphatic heterocycles. The Labute approximate surface area is 151 Å².